The smallest absolute Gasteiger partial charge is 0.322 e. The number of hydrogen-bond acceptors (Lipinski definition) is 7. The van der Waals surface area contributed by atoms with Crippen LogP contribution in [-0.4, -0.2) is 39.7 Å². The number of ether oxygens (including phenoxy) is 1. The standard InChI is InChI=1S/C19H19N5O3/c1-27-15-6-2-4-13(8-15)10-21-17-9-16(14-5-3-7-20-11-14)23-19(24-17)22-12-18(25)26/h2-9,11H,10,12H2,1H3,(H,25,26)(H2,21,22,23,24). The maximum Gasteiger partial charge on any atom is 0.322 e. The molecular formula is C19H19N5O3. The van der Waals surface area contributed by atoms with Gasteiger partial charge in [-0.3, -0.25) is 9.78 Å². The van der Waals surface area contributed by atoms with Crippen molar-refractivity contribution in [2.75, 3.05) is 24.3 Å². The molecular weight excluding hydrogens is 346 g/mol. The van der Waals surface area contributed by atoms with Gasteiger partial charge in [-0.25, -0.2) is 4.98 Å². The number of benzene rings is 1. The van der Waals surface area contributed by atoms with E-state index in [9.17, 15) is 4.79 Å². The summed E-state index contributed by atoms with van der Waals surface area (Å²) < 4.78 is 5.23. The zero-order chi connectivity index (χ0) is 19.1. The molecule has 0 unspecified atom stereocenters. The minimum atomic E-state index is -0.990. The Bertz CT molecular complexity index is 918. The van der Waals surface area contributed by atoms with Crippen LogP contribution in [0.25, 0.3) is 11.3 Å². The summed E-state index contributed by atoms with van der Waals surface area (Å²) in [6, 6.07) is 13.2. The van der Waals surface area contributed by atoms with E-state index in [2.05, 4.69) is 25.6 Å². The number of carboxylic acid groups (broad SMARTS) is 1. The van der Waals surface area contributed by atoms with Gasteiger partial charge in [-0.2, -0.15) is 4.98 Å². The zero-order valence-corrected chi connectivity index (χ0v) is 14.7. The minimum Gasteiger partial charge on any atom is -0.497 e. The lowest BCUT2D eigenvalue weighted by Gasteiger charge is -2.11. The van der Waals surface area contributed by atoms with Crippen LogP contribution in [0.1, 0.15) is 5.56 Å². The fourth-order valence-electron chi connectivity index (χ4n) is 2.41. The van der Waals surface area contributed by atoms with Gasteiger partial charge < -0.3 is 20.5 Å². The predicted octanol–water partition coefficient (Wildman–Crippen LogP) is 2.66. The van der Waals surface area contributed by atoms with Crippen molar-refractivity contribution in [1.29, 1.82) is 0 Å². The Balaban J connectivity index is 1.83. The normalized spacial score (nSPS) is 10.3. The van der Waals surface area contributed by atoms with Crippen molar-refractivity contribution < 1.29 is 14.6 Å². The lowest BCUT2D eigenvalue weighted by Crippen LogP contribution is -2.15. The van der Waals surface area contributed by atoms with Crippen LogP contribution in [0.5, 0.6) is 5.75 Å². The van der Waals surface area contributed by atoms with E-state index >= 15 is 0 Å². The molecule has 2 aromatic heterocycles. The molecule has 2 heterocycles. The molecule has 1 aromatic carbocycles. The predicted molar refractivity (Wildman–Crippen MR) is 102 cm³/mol. The number of rotatable bonds is 8. The Hall–Kier alpha value is -3.68. The van der Waals surface area contributed by atoms with E-state index in [0.717, 1.165) is 16.9 Å². The van der Waals surface area contributed by atoms with Gasteiger partial charge in [0.25, 0.3) is 0 Å². The monoisotopic (exact) mass is 365 g/mol. The van der Waals surface area contributed by atoms with E-state index in [0.29, 0.717) is 18.1 Å². The Morgan fingerprint density at radius 1 is 1.15 bits per heavy atom. The van der Waals surface area contributed by atoms with Crippen LogP contribution in [0.2, 0.25) is 0 Å². The molecule has 0 amide bonds. The van der Waals surface area contributed by atoms with Crippen molar-refractivity contribution in [2.45, 2.75) is 6.54 Å². The van der Waals surface area contributed by atoms with Gasteiger partial charge in [-0.15, -0.1) is 0 Å². The molecule has 8 heteroatoms. The largest absolute Gasteiger partial charge is 0.497 e. The van der Waals surface area contributed by atoms with Gasteiger partial charge in [0.2, 0.25) is 5.95 Å². The first kappa shape index (κ1) is 18.1. The molecule has 0 saturated heterocycles. The molecule has 138 valence electrons. The molecule has 0 atom stereocenters. The Morgan fingerprint density at radius 3 is 2.78 bits per heavy atom. The highest BCUT2D eigenvalue weighted by Crippen LogP contribution is 2.21. The molecule has 3 N–H and O–H groups in total. The van der Waals surface area contributed by atoms with Gasteiger partial charge in [0.05, 0.1) is 12.8 Å². The van der Waals surface area contributed by atoms with E-state index in [1.165, 1.54) is 0 Å². The molecule has 0 aliphatic carbocycles. The van der Waals surface area contributed by atoms with E-state index in [1.807, 2.05) is 36.4 Å². The average Bonchev–Trinajstić information content (AvgIpc) is 2.71. The van der Waals surface area contributed by atoms with Crippen molar-refractivity contribution in [3.63, 3.8) is 0 Å². The summed E-state index contributed by atoms with van der Waals surface area (Å²) >= 11 is 0. The van der Waals surface area contributed by atoms with Gasteiger partial charge in [-0.1, -0.05) is 12.1 Å². The Morgan fingerprint density at radius 2 is 2.04 bits per heavy atom. The summed E-state index contributed by atoms with van der Waals surface area (Å²) in [4.78, 5) is 23.6. The van der Waals surface area contributed by atoms with Gasteiger partial charge in [-0.05, 0) is 29.8 Å². The maximum atomic E-state index is 10.8. The number of nitrogens with zero attached hydrogens (tertiary/aromatic N) is 3. The van der Waals surface area contributed by atoms with E-state index in [4.69, 9.17) is 9.84 Å². The van der Waals surface area contributed by atoms with Crippen molar-refractivity contribution in [1.82, 2.24) is 15.0 Å². The number of carbonyl (C=O) groups is 1. The molecule has 0 fully saturated rings. The van der Waals surface area contributed by atoms with Crippen LogP contribution in [-0.2, 0) is 11.3 Å². The van der Waals surface area contributed by atoms with Crippen LogP contribution in [0.4, 0.5) is 11.8 Å². The zero-order valence-electron chi connectivity index (χ0n) is 14.7. The van der Waals surface area contributed by atoms with Crippen molar-refractivity contribution in [3.8, 4) is 17.0 Å². The van der Waals surface area contributed by atoms with E-state index < -0.39 is 5.97 Å². The third kappa shape index (κ3) is 5.15. The summed E-state index contributed by atoms with van der Waals surface area (Å²) in [5.41, 5.74) is 2.47. The topological polar surface area (TPSA) is 109 Å². The summed E-state index contributed by atoms with van der Waals surface area (Å²) in [6.45, 7) is 0.255. The number of aliphatic carboxylic acids is 1. The van der Waals surface area contributed by atoms with Crippen molar-refractivity contribution in [3.05, 3.63) is 60.4 Å². The SMILES string of the molecule is COc1cccc(CNc2cc(-c3cccnc3)nc(NCC(=O)O)n2)c1. The molecule has 0 bridgehead atoms. The first-order valence-electron chi connectivity index (χ1n) is 8.26. The fourth-order valence-corrected chi connectivity index (χ4v) is 2.41. The highest BCUT2D eigenvalue weighted by molar-refractivity contribution is 5.72. The molecule has 0 aliphatic heterocycles. The summed E-state index contributed by atoms with van der Waals surface area (Å²) in [5, 5.41) is 14.8. The van der Waals surface area contributed by atoms with Gasteiger partial charge >= 0.3 is 5.97 Å². The Labute approximate surface area is 156 Å². The lowest BCUT2D eigenvalue weighted by molar-refractivity contribution is -0.134. The molecule has 8 nitrogen and oxygen atoms in total. The van der Waals surface area contributed by atoms with Crippen molar-refractivity contribution >= 4 is 17.7 Å². The first-order chi connectivity index (χ1) is 13.1. The van der Waals surface area contributed by atoms with E-state index in [1.54, 1.807) is 25.6 Å². The highest BCUT2D eigenvalue weighted by Gasteiger charge is 2.08. The minimum absolute atomic E-state index is 0.229. The van der Waals surface area contributed by atoms with Gasteiger partial charge in [0.15, 0.2) is 0 Å². The lowest BCUT2D eigenvalue weighted by atomic mass is 10.2. The number of aromatic nitrogens is 3. The number of carboxylic acids is 1. The molecule has 0 spiro atoms. The molecule has 3 aromatic rings. The molecule has 0 radical (unpaired) electrons. The fraction of sp³-hybridized carbons (Fsp3) is 0.158. The second kappa shape index (κ2) is 8.61. The second-order valence-electron chi connectivity index (χ2n) is 5.66. The van der Waals surface area contributed by atoms with Gasteiger partial charge in [0, 0.05) is 30.6 Å². The number of methoxy groups -OCH3 is 1. The number of pyridine rings is 1. The summed E-state index contributed by atoms with van der Waals surface area (Å²) in [7, 11) is 1.62. The van der Waals surface area contributed by atoms with Crippen LogP contribution in [0.15, 0.2) is 54.9 Å². The van der Waals surface area contributed by atoms with Crippen LogP contribution in [0.3, 0.4) is 0 Å². The number of hydrogen-bond donors (Lipinski definition) is 3. The second-order valence-corrected chi connectivity index (χ2v) is 5.66. The third-order valence-electron chi connectivity index (χ3n) is 3.69. The average molecular weight is 365 g/mol. The molecule has 0 saturated carbocycles. The van der Waals surface area contributed by atoms with Crippen molar-refractivity contribution in [2.24, 2.45) is 0 Å². The molecule has 27 heavy (non-hydrogen) atoms. The first-order valence-corrected chi connectivity index (χ1v) is 8.26. The quantitative estimate of drug-likeness (QED) is 0.559. The Kier molecular flexibility index (Phi) is 5.78. The van der Waals surface area contributed by atoms with Crippen LogP contribution in [0, 0.1) is 0 Å². The summed E-state index contributed by atoms with van der Waals surface area (Å²) in [6.07, 6.45) is 3.37. The van der Waals surface area contributed by atoms with Crippen LogP contribution < -0.4 is 15.4 Å². The van der Waals surface area contributed by atoms with E-state index in [-0.39, 0.29) is 12.5 Å². The molecule has 0 aliphatic rings. The number of nitrogens with one attached hydrogen (secondary N) is 2. The summed E-state index contributed by atoms with van der Waals surface area (Å²) in [5.74, 6) is 0.583. The number of anilines is 2. The van der Waals surface area contributed by atoms with Gasteiger partial charge in [0.1, 0.15) is 18.1 Å². The molecule has 3 rings (SSSR count). The van der Waals surface area contributed by atoms with Crippen LogP contribution >= 0.6 is 0 Å². The third-order valence-corrected chi connectivity index (χ3v) is 3.69. The maximum absolute atomic E-state index is 10.8. The highest BCUT2D eigenvalue weighted by atomic mass is 16.5.